The van der Waals surface area contributed by atoms with E-state index in [0.29, 0.717) is 34.4 Å². The summed E-state index contributed by atoms with van der Waals surface area (Å²) < 4.78 is 86.2. The van der Waals surface area contributed by atoms with Crippen LogP contribution in [-0.2, 0) is 23.6 Å². The van der Waals surface area contributed by atoms with Gasteiger partial charge in [0.25, 0.3) is 5.91 Å². The van der Waals surface area contributed by atoms with Crippen LogP contribution in [0.15, 0.2) is 65.2 Å². The highest BCUT2D eigenvalue weighted by Gasteiger charge is 2.40. The summed E-state index contributed by atoms with van der Waals surface area (Å²) in [5.41, 5.74) is -2.41. The second-order valence-electron chi connectivity index (χ2n) is 10.5. The number of carbonyl (C=O) groups is 2. The van der Waals surface area contributed by atoms with Crippen LogP contribution in [0.1, 0.15) is 45.1 Å². The van der Waals surface area contributed by atoms with Crippen LogP contribution in [0.4, 0.5) is 26.3 Å². The summed E-state index contributed by atoms with van der Waals surface area (Å²) in [6, 6.07) is 11.9. The number of amides is 2. The number of halogens is 8. The summed E-state index contributed by atoms with van der Waals surface area (Å²) in [7, 11) is 1.31. The molecule has 2 heterocycles. The third-order valence-electron chi connectivity index (χ3n) is 7.72. The zero-order chi connectivity index (χ0) is 32.0. The summed E-state index contributed by atoms with van der Waals surface area (Å²) >= 11 is 12.4. The van der Waals surface area contributed by atoms with Crippen molar-refractivity contribution in [3.8, 4) is 0 Å². The molecule has 0 unspecified atom stereocenters. The standard InChI is InChI=1S/C30H23Cl2F6N3O3/c1-40(28(43)17-10-18(29(33,34)35)13-19(11-17)30(36,37)38)25-8-9-41(15-21(25)16-6-7-22(31)23(32)12-16)27(42)14-24-20-4-2-3-5-26(20)44-39-24/h2-7,10-13,21,25H,8-9,14-15H2,1H3/t21-,25+/m0/s1. The van der Waals surface area contributed by atoms with Crippen LogP contribution in [0.25, 0.3) is 11.0 Å². The number of carbonyl (C=O) groups excluding carboxylic acids is 2. The van der Waals surface area contributed by atoms with Crippen LogP contribution in [0.3, 0.4) is 0 Å². The fourth-order valence-electron chi connectivity index (χ4n) is 5.45. The topological polar surface area (TPSA) is 66.7 Å². The second-order valence-corrected chi connectivity index (χ2v) is 11.3. The molecule has 2 amide bonds. The van der Waals surface area contributed by atoms with Crippen molar-refractivity contribution in [2.24, 2.45) is 0 Å². The Kier molecular flexibility index (Phi) is 8.60. The van der Waals surface area contributed by atoms with Gasteiger partial charge in [0, 0.05) is 43.0 Å². The van der Waals surface area contributed by atoms with Crippen LogP contribution in [-0.4, -0.2) is 52.9 Å². The predicted octanol–water partition coefficient (Wildman–Crippen LogP) is 7.87. The van der Waals surface area contributed by atoms with E-state index in [1.165, 1.54) is 13.1 Å². The Morgan fingerprint density at radius 2 is 1.61 bits per heavy atom. The maximum Gasteiger partial charge on any atom is 0.416 e. The maximum atomic E-state index is 13.5. The molecule has 2 atom stereocenters. The Bertz CT molecular complexity index is 1690. The van der Waals surface area contributed by atoms with Crippen LogP contribution in [0, 0.1) is 0 Å². The Hall–Kier alpha value is -3.77. The lowest BCUT2D eigenvalue weighted by Gasteiger charge is -2.43. The van der Waals surface area contributed by atoms with E-state index in [-0.39, 0.29) is 47.9 Å². The second kappa shape index (κ2) is 12.0. The molecular weight excluding hydrogens is 635 g/mol. The van der Waals surface area contributed by atoms with Crippen molar-refractivity contribution >= 4 is 46.0 Å². The number of piperidine rings is 1. The number of aromatic nitrogens is 1. The molecule has 44 heavy (non-hydrogen) atoms. The van der Waals surface area contributed by atoms with Gasteiger partial charge in [-0.25, -0.2) is 0 Å². The average molecular weight is 658 g/mol. The lowest BCUT2D eigenvalue weighted by molar-refractivity contribution is -0.143. The van der Waals surface area contributed by atoms with Crippen molar-refractivity contribution in [1.29, 1.82) is 0 Å². The number of likely N-dealkylation sites (tertiary alicyclic amines) is 1. The Balaban J connectivity index is 1.45. The number of benzene rings is 3. The number of hydrogen-bond donors (Lipinski definition) is 0. The van der Waals surface area contributed by atoms with Gasteiger partial charge >= 0.3 is 12.4 Å². The number of alkyl halides is 6. The van der Waals surface area contributed by atoms with E-state index in [1.807, 2.05) is 0 Å². The molecule has 0 aliphatic carbocycles. The number of hydrogen-bond acceptors (Lipinski definition) is 4. The first-order valence-corrected chi connectivity index (χ1v) is 14.0. The molecule has 0 spiro atoms. The van der Waals surface area contributed by atoms with Crippen molar-refractivity contribution in [1.82, 2.24) is 15.0 Å². The molecule has 1 fully saturated rings. The highest BCUT2D eigenvalue weighted by Crippen LogP contribution is 2.38. The fraction of sp³-hybridized carbons (Fsp3) is 0.300. The molecule has 1 aliphatic heterocycles. The first-order valence-electron chi connectivity index (χ1n) is 13.3. The Morgan fingerprint density at radius 1 is 0.955 bits per heavy atom. The molecular formula is C30H23Cl2F6N3O3. The molecule has 0 saturated carbocycles. The Morgan fingerprint density at radius 3 is 2.25 bits per heavy atom. The Labute approximate surface area is 257 Å². The molecule has 5 rings (SSSR count). The van der Waals surface area contributed by atoms with Crippen LogP contribution in [0.5, 0.6) is 0 Å². The SMILES string of the molecule is CN(C(=O)c1cc(C(F)(F)F)cc(C(F)(F)F)c1)[C@@H]1CCN(C(=O)Cc2noc3ccccc23)C[C@H]1c1ccc(Cl)c(Cl)c1. The molecule has 0 N–H and O–H groups in total. The largest absolute Gasteiger partial charge is 0.416 e. The van der Waals surface area contributed by atoms with Gasteiger partial charge in [0.2, 0.25) is 5.91 Å². The van der Waals surface area contributed by atoms with Gasteiger partial charge in [0.15, 0.2) is 5.58 Å². The van der Waals surface area contributed by atoms with E-state index in [1.54, 1.807) is 41.3 Å². The van der Waals surface area contributed by atoms with Gasteiger partial charge in [-0.3, -0.25) is 9.59 Å². The van der Waals surface area contributed by atoms with Crippen LogP contribution in [0.2, 0.25) is 10.0 Å². The molecule has 14 heteroatoms. The summed E-state index contributed by atoms with van der Waals surface area (Å²) in [6.45, 7) is 0.233. The molecule has 3 aromatic carbocycles. The molecule has 232 valence electrons. The number of para-hydroxylation sites is 1. The smallest absolute Gasteiger partial charge is 0.356 e. The number of likely N-dealkylation sites (N-methyl/N-ethyl adjacent to an activating group) is 1. The summed E-state index contributed by atoms with van der Waals surface area (Å²) in [5, 5.41) is 5.14. The van der Waals surface area contributed by atoms with Gasteiger partial charge < -0.3 is 14.3 Å². The van der Waals surface area contributed by atoms with Crippen molar-refractivity contribution < 1.29 is 40.5 Å². The lowest BCUT2D eigenvalue weighted by Crippen LogP contribution is -2.52. The summed E-state index contributed by atoms with van der Waals surface area (Å²) in [6.07, 6.45) is -10.1. The maximum absolute atomic E-state index is 13.5. The first-order chi connectivity index (χ1) is 20.6. The van der Waals surface area contributed by atoms with Crippen LogP contribution < -0.4 is 0 Å². The van der Waals surface area contributed by atoms with Gasteiger partial charge in [-0.1, -0.05) is 46.6 Å². The quantitative estimate of drug-likeness (QED) is 0.205. The number of nitrogens with zero attached hydrogens (tertiary/aromatic N) is 3. The molecule has 0 bridgehead atoms. The van der Waals surface area contributed by atoms with E-state index in [9.17, 15) is 35.9 Å². The van der Waals surface area contributed by atoms with Crippen molar-refractivity contribution in [2.45, 2.75) is 37.2 Å². The molecule has 0 radical (unpaired) electrons. The van der Waals surface area contributed by atoms with Gasteiger partial charge in [-0.15, -0.1) is 0 Å². The zero-order valence-corrected chi connectivity index (χ0v) is 24.4. The highest BCUT2D eigenvalue weighted by molar-refractivity contribution is 6.42. The minimum Gasteiger partial charge on any atom is -0.356 e. The molecule has 1 aromatic heterocycles. The number of fused-ring (bicyclic) bond motifs is 1. The van der Waals surface area contributed by atoms with Crippen molar-refractivity contribution in [2.75, 3.05) is 20.1 Å². The molecule has 1 saturated heterocycles. The molecule has 1 aliphatic rings. The fourth-order valence-corrected chi connectivity index (χ4v) is 5.76. The van der Waals surface area contributed by atoms with E-state index in [4.69, 9.17) is 27.7 Å². The number of rotatable bonds is 5. The normalized spacial score (nSPS) is 17.6. The van der Waals surface area contributed by atoms with Crippen molar-refractivity contribution in [3.05, 3.63) is 98.7 Å². The molecule has 6 nitrogen and oxygen atoms in total. The summed E-state index contributed by atoms with van der Waals surface area (Å²) in [5.74, 6) is -1.93. The average Bonchev–Trinajstić information content (AvgIpc) is 3.39. The van der Waals surface area contributed by atoms with Crippen molar-refractivity contribution in [3.63, 3.8) is 0 Å². The zero-order valence-electron chi connectivity index (χ0n) is 22.8. The van der Waals surface area contributed by atoms with E-state index < -0.39 is 46.9 Å². The van der Waals surface area contributed by atoms with Crippen LogP contribution >= 0.6 is 23.2 Å². The third-order valence-corrected chi connectivity index (χ3v) is 8.46. The van der Waals surface area contributed by atoms with Gasteiger partial charge in [-0.05, 0) is 54.4 Å². The van der Waals surface area contributed by atoms with Gasteiger partial charge in [0.1, 0.15) is 5.69 Å². The van der Waals surface area contributed by atoms with Gasteiger partial charge in [0.05, 0.1) is 27.6 Å². The first kappa shape index (κ1) is 31.6. The van der Waals surface area contributed by atoms with E-state index >= 15 is 0 Å². The minimum absolute atomic E-state index is 0.0303. The lowest BCUT2D eigenvalue weighted by atomic mass is 9.84. The summed E-state index contributed by atoms with van der Waals surface area (Å²) in [4.78, 5) is 29.6. The minimum atomic E-state index is -5.11. The predicted molar refractivity (Wildman–Crippen MR) is 150 cm³/mol. The highest BCUT2D eigenvalue weighted by atomic mass is 35.5. The van der Waals surface area contributed by atoms with E-state index in [2.05, 4.69) is 5.16 Å². The van der Waals surface area contributed by atoms with E-state index in [0.717, 1.165) is 4.90 Å². The third kappa shape index (κ3) is 6.51. The van der Waals surface area contributed by atoms with Gasteiger partial charge in [-0.2, -0.15) is 26.3 Å². The monoisotopic (exact) mass is 657 g/mol. The molecule has 4 aromatic rings.